The first-order valence-corrected chi connectivity index (χ1v) is 7.42. The van der Waals surface area contributed by atoms with E-state index in [1.165, 1.54) is 0 Å². The highest BCUT2D eigenvalue weighted by atomic mass is 16.5. The Balaban J connectivity index is 1.51. The molecule has 2 N–H and O–H groups in total. The largest absolute Gasteiger partial charge is 0.422 e. The Labute approximate surface area is 138 Å². The molecular formula is C15H17N7O2. The van der Waals surface area contributed by atoms with Gasteiger partial charge in [-0.3, -0.25) is 9.48 Å². The van der Waals surface area contributed by atoms with Gasteiger partial charge in [-0.15, -0.1) is 0 Å². The van der Waals surface area contributed by atoms with Gasteiger partial charge in [0.25, 0.3) is 0 Å². The van der Waals surface area contributed by atoms with Crippen LogP contribution in [0.15, 0.2) is 30.3 Å². The molecule has 0 aliphatic carbocycles. The number of tetrazole rings is 1. The van der Waals surface area contributed by atoms with E-state index in [2.05, 4.69) is 31.0 Å². The van der Waals surface area contributed by atoms with Crippen LogP contribution < -0.4 is 10.1 Å². The summed E-state index contributed by atoms with van der Waals surface area (Å²) in [6, 6.07) is 9.05. The minimum atomic E-state index is -0.0746. The number of benzene rings is 1. The molecule has 0 saturated heterocycles. The molecule has 9 heteroatoms. The Morgan fingerprint density at radius 2 is 2.08 bits per heavy atom. The smallest absolute Gasteiger partial charge is 0.361 e. The number of carbonyl (C=O) groups is 1. The van der Waals surface area contributed by atoms with Crippen LogP contribution in [0.25, 0.3) is 0 Å². The Bertz CT molecular complexity index is 809. The topological polar surface area (TPSA) is 111 Å². The van der Waals surface area contributed by atoms with Gasteiger partial charge in [-0.25, -0.2) is 0 Å². The van der Waals surface area contributed by atoms with Crippen molar-refractivity contribution >= 4 is 11.6 Å². The van der Waals surface area contributed by atoms with Gasteiger partial charge in [0.05, 0.1) is 5.69 Å². The zero-order valence-corrected chi connectivity index (χ0v) is 13.4. The summed E-state index contributed by atoms with van der Waals surface area (Å²) in [7, 11) is 0. The lowest BCUT2D eigenvalue weighted by Gasteiger charge is -2.07. The van der Waals surface area contributed by atoms with Crippen LogP contribution >= 0.6 is 0 Å². The molecule has 9 nitrogen and oxygen atoms in total. The summed E-state index contributed by atoms with van der Waals surface area (Å²) in [5.41, 5.74) is 2.68. The molecule has 0 spiro atoms. The number of carbonyl (C=O) groups excluding carboxylic acids is 1. The maximum absolute atomic E-state index is 12.0. The summed E-state index contributed by atoms with van der Waals surface area (Å²) in [6.07, 6.45) is 0.350. The van der Waals surface area contributed by atoms with Crippen molar-refractivity contribution in [2.75, 3.05) is 5.32 Å². The number of aromatic nitrogens is 6. The number of nitrogens with one attached hydrogen (secondary N) is 2. The molecule has 0 bridgehead atoms. The van der Waals surface area contributed by atoms with Gasteiger partial charge in [0.2, 0.25) is 5.91 Å². The molecule has 0 aliphatic heterocycles. The second kappa shape index (κ2) is 6.90. The normalized spacial score (nSPS) is 10.6. The van der Waals surface area contributed by atoms with Crippen molar-refractivity contribution in [1.82, 2.24) is 30.4 Å². The minimum Gasteiger partial charge on any atom is -0.422 e. The van der Waals surface area contributed by atoms with Crippen LogP contribution in [-0.2, 0) is 11.3 Å². The van der Waals surface area contributed by atoms with Crippen LogP contribution in [0, 0.1) is 13.8 Å². The Morgan fingerprint density at radius 1 is 1.29 bits per heavy atom. The zero-order valence-electron chi connectivity index (χ0n) is 13.4. The quantitative estimate of drug-likeness (QED) is 0.714. The lowest BCUT2D eigenvalue weighted by molar-refractivity contribution is -0.116. The molecule has 124 valence electrons. The molecule has 1 amide bonds. The molecule has 0 saturated carbocycles. The van der Waals surface area contributed by atoms with Gasteiger partial charge in [-0.1, -0.05) is 10.2 Å². The second-order valence-corrected chi connectivity index (χ2v) is 5.27. The van der Waals surface area contributed by atoms with Gasteiger partial charge in [-0.2, -0.15) is 10.3 Å². The van der Waals surface area contributed by atoms with Crippen molar-refractivity contribution < 1.29 is 9.53 Å². The summed E-state index contributed by atoms with van der Waals surface area (Å²) in [5.74, 6) is 0.478. The molecule has 0 fully saturated rings. The summed E-state index contributed by atoms with van der Waals surface area (Å²) < 4.78 is 7.19. The van der Waals surface area contributed by atoms with E-state index in [-0.39, 0.29) is 11.9 Å². The third kappa shape index (κ3) is 3.94. The Kier molecular flexibility index (Phi) is 4.50. The third-order valence-electron chi connectivity index (χ3n) is 3.33. The fourth-order valence-electron chi connectivity index (χ4n) is 2.24. The van der Waals surface area contributed by atoms with Gasteiger partial charge in [0.15, 0.2) is 0 Å². The van der Waals surface area contributed by atoms with Gasteiger partial charge >= 0.3 is 6.01 Å². The standard InChI is InChI=1S/C15H17N7O2/c1-10-9-11(2)22(19-10)8-7-14(23)16-12-3-5-13(6-4-12)24-15-17-20-21-18-15/h3-6,9H,7-8H2,1-2H3,(H,16,23)(H,17,18,20,21). The van der Waals surface area contributed by atoms with Crippen molar-refractivity contribution in [2.24, 2.45) is 0 Å². The van der Waals surface area contributed by atoms with E-state index in [4.69, 9.17) is 4.74 Å². The molecule has 3 rings (SSSR count). The van der Waals surface area contributed by atoms with E-state index in [1.807, 2.05) is 24.6 Å². The maximum atomic E-state index is 12.0. The molecule has 3 aromatic rings. The minimum absolute atomic E-state index is 0.0746. The number of rotatable bonds is 6. The van der Waals surface area contributed by atoms with Gasteiger partial charge in [0, 0.05) is 24.3 Å². The van der Waals surface area contributed by atoms with Crippen LogP contribution in [0.2, 0.25) is 0 Å². The molecule has 24 heavy (non-hydrogen) atoms. The number of nitrogens with zero attached hydrogens (tertiary/aromatic N) is 5. The molecular weight excluding hydrogens is 310 g/mol. The maximum Gasteiger partial charge on any atom is 0.361 e. The number of ether oxygens (including phenoxy) is 1. The van der Waals surface area contributed by atoms with Crippen LogP contribution in [0.4, 0.5) is 5.69 Å². The van der Waals surface area contributed by atoms with Gasteiger partial charge in [0.1, 0.15) is 5.75 Å². The second-order valence-electron chi connectivity index (χ2n) is 5.27. The van der Waals surface area contributed by atoms with Crippen molar-refractivity contribution in [3.63, 3.8) is 0 Å². The van der Waals surface area contributed by atoms with Crippen LogP contribution in [-0.4, -0.2) is 36.3 Å². The van der Waals surface area contributed by atoms with Gasteiger partial charge in [-0.05, 0) is 49.4 Å². The average Bonchev–Trinajstić information content (AvgIpc) is 3.17. The fraction of sp³-hybridized carbons (Fsp3) is 0.267. The number of hydrogen-bond donors (Lipinski definition) is 2. The van der Waals surface area contributed by atoms with Crippen LogP contribution in [0.5, 0.6) is 11.8 Å². The van der Waals surface area contributed by atoms with Crippen molar-refractivity contribution in [2.45, 2.75) is 26.8 Å². The number of aryl methyl sites for hydroxylation is 3. The number of H-pyrrole nitrogens is 1. The Morgan fingerprint density at radius 3 is 2.71 bits per heavy atom. The van der Waals surface area contributed by atoms with E-state index in [0.29, 0.717) is 24.4 Å². The number of anilines is 1. The van der Waals surface area contributed by atoms with Crippen molar-refractivity contribution in [3.8, 4) is 11.8 Å². The molecule has 0 aliphatic rings. The summed E-state index contributed by atoms with van der Waals surface area (Å²) in [6.45, 7) is 4.45. The molecule has 0 unspecified atom stereocenters. The van der Waals surface area contributed by atoms with E-state index in [9.17, 15) is 4.79 Å². The van der Waals surface area contributed by atoms with Gasteiger partial charge < -0.3 is 10.1 Å². The van der Waals surface area contributed by atoms with E-state index >= 15 is 0 Å². The monoisotopic (exact) mass is 327 g/mol. The number of aromatic amines is 1. The molecule has 1 aromatic carbocycles. The number of amides is 1. The molecule has 0 atom stereocenters. The number of hydrogen-bond acceptors (Lipinski definition) is 6. The zero-order chi connectivity index (χ0) is 16.9. The lowest BCUT2D eigenvalue weighted by atomic mass is 10.3. The van der Waals surface area contributed by atoms with E-state index in [0.717, 1.165) is 11.4 Å². The highest BCUT2D eigenvalue weighted by molar-refractivity contribution is 5.90. The van der Waals surface area contributed by atoms with Crippen molar-refractivity contribution in [3.05, 3.63) is 41.7 Å². The third-order valence-corrected chi connectivity index (χ3v) is 3.33. The molecule has 0 radical (unpaired) electrons. The van der Waals surface area contributed by atoms with Crippen LogP contribution in [0.1, 0.15) is 17.8 Å². The SMILES string of the molecule is Cc1cc(C)n(CCC(=O)Nc2ccc(Oc3nn[nH]n3)cc2)n1. The summed E-state index contributed by atoms with van der Waals surface area (Å²) in [5, 5.41) is 20.3. The predicted molar refractivity (Wildman–Crippen MR) is 85.6 cm³/mol. The summed E-state index contributed by atoms with van der Waals surface area (Å²) in [4.78, 5) is 12.0. The van der Waals surface area contributed by atoms with E-state index in [1.54, 1.807) is 24.3 Å². The van der Waals surface area contributed by atoms with E-state index < -0.39 is 0 Å². The first-order valence-electron chi connectivity index (χ1n) is 7.42. The lowest BCUT2D eigenvalue weighted by Crippen LogP contribution is -2.15. The summed E-state index contributed by atoms with van der Waals surface area (Å²) >= 11 is 0. The Hall–Kier alpha value is -3.23. The fourth-order valence-corrected chi connectivity index (χ4v) is 2.24. The van der Waals surface area contributed by atoms with Crippen LogP contribution in [0.3, 0.4) is 0 Å². The highest BCUT2D eigenvalue weighted by Gasteiger charge is 2.07. The first-order chi connectivity index (χ1) is 11.6. The first kappa shape index (κ1) is 15.7. The highest BCUT2D eigenvalue weighted by Crippen LogP contribution is 2.19. The predicted octanol–water partition coefficient (Wildman–Crippen LogP) is 1.83. The van der Waals surface area contributed by atoms with Crippen molar-refractivity contribution in [1.29, 1.82) is 0 Å². The average molecular weight is 327 g/mol. The molecule has 2 heterocycles. The molecule has 2 aromatic heterocycles.